The zero-order chi connectivity index (χ0) is 22.2. The predicted molar refractivity (Wildman–Crippen MR) is 130 cm³/mol. The first kappa shape index (κ1) is 20.8. The van der Waals surface area contributed by atoms with E-state index in [0.717, 1.165) is 22.5 Å². The van der Waals surface area contributed by atoms with Crippen LogP contribution in [0.2, 0.25) is 0 Å². The van der Waals surface area contributed by atoms with Crippen molar-refractivity contribution in [3.05, 3.63) is 65.2 Å². The lowest BCUT2D eigenvalue weighted by Gasteiger charge is -2.16. The smallest absolute Gasteiger partial charge is 0.266 e. The molecular weight excluding hydrogens is 442 g/mol. The second-order valence-electron chi connectivity index (χ2n) is 7.97. The Morgan fingerprint density at radius 1 is 1.16 bits per heavy atom. The van der Waals surface area contributed by atoms with Crippen molar-refractivity contribution < 1.29 is 14.3 Å². The summed E-state index contributed by atoms with van der Waals surface area (Å²) in [6.07, 6.45) is 3.82. The minimum atomic E-state index is -0.0576. The molecule has 5 rings (SSSR count). The summed E-state index contributed by atoms with van der Waals surface area (Å²) >= 11 is 6.80. The zero-order valence-corrected chi connectivity index (χ0v) is 19.3. The van der Waals surface area contributed by atoms with Crippen LogP contribution in [0.15, 0.2) is 59.6 Å². The highest BCUT2D eigenvalue weighted by Gasteiger charge is 2.32. The van der Waals surface area contributed by atoms with Crippen molar-refractivity contribution in [3.63, 3.8) is 0 Å². The Bertz CT molecular complexity index is 1230. The van der Waals surface area contributed by atoms with Crippen LogP contribution < -0.4 is 9.47 Å². The van der Waals surface area contributed by atoms with Crippen molar-refractivity contribution in [1.82, 2.24) is 14.7 Å². The number of rotatable bonds is 5. The number of ether oxygens (including phenoxy) is 2. The van der Waals surface area contributed by atoms with Gasteiger partial charge in [0.15, 0.2) is 11.5 Å². The van der Waals surface area contributed by atoms with Crippen LogP contribution in [0.3, 0.4) is 0 Å². The van der Waals surface area contributed by atoms with Crippen molar-refractivity contribution in [2.45, 2.75) is 13.8 Å². The van der Waals surface area contributed by atoms with Gasteiger partial charge in [-0.2, -0.15) is 5.10 Å². The zero-order valence-electron chi connectivity index (χ0n) is 17.6. The Hall–Kier alpha value is -3.10. The minimum absolute atomic E-state index is 0.0576. The van der Waals surface area contributed by atoms with Crippen LogP contribution in [0.25, 0.3) is 23.0 Å². The van der Waals surface area contributed by atoms with Gasteiger partial charge in [0.2, 0.25) is 6.79 Å². The van der Waals surface area contributed by atoms with Crippen LogP contribution >= 0.6 is 24.0 Å². The first-order valence-corrected chi connectivity index (χ1v) is 11.5. The maximum atomic E-state index is 13.0. The van der Waals surface area contributed by atoms with E-state index in [-0.39, 0.29) is 12.7 Å². The second kappa shape index (κ2) is 8.44. The molecular formula is C24H21N3O3S2. The minimum Gasteiger partial charge on any atom is -0.454 e. The summed E-state index contributed by atoms with van der Waals surface area (Å²) in [4.78, 5) is 15.3. The van der Waals surface area contributed by atoms with E-state index in [9.17, 15) is 4.79 Å². The lowest BCUT2D eigenvalue weighted by atomic mass is 10.1. The first-order valence-electron chi connectivity index (χ1n) is 10.3. The van der Waals surface area contributed by atoms with Gasteiger partial charge in [-0.25, -0.2) is 4.68 Å². The molecule has 0 saturated carbocycles. The number of hydrogen-bond acceptors (Lipinski definition) is 6. The maximum Gasteiger partial charge on any atom is 0.266 e. The van der Waals surface area contributed by atoms with Crippen LogP contribution in [0.4, 0.5) is 0 Å². The number of thioether (sulfide) groups is 1. The Morgan fingerprint density at radius 3 is 2.72 bits per heavy atom. The van der Waals surface area contributed by atoms with Gasteiger partial charge in [0.25, 0.3) is 5.91 Å². The highest BCUT2D eigenvalue weighted by atomic mass is 32.2. The topological polar surface area (TPSA) is 56.6 Å². The van der Waals surface area contributed by atoms with Crippen molar-refractivity contribution in [2.24, 2.45) is 5.92 Å². The molecule has 8 heteroatoms. The van der Waals surface area contributed by atoms with Crippen LogP contribution in [0, 0.1) is 5.92 Å². The molecule has 1 fully saturated rings. The van der Waals surface area contributed by atoms with Crippen LogP contribution in [-0.4, -0.2) is 38.2 Å². The van der Waals surface area contributed by atoms with Gasteiger partial charge < -0.3 is 9.47 Å². The molecule has 1 amide bonds. The summed E-state index contributed by atoms with van der Waals surface area (Å²) in [5.41, 5.74) is 3.40. The highest BCUT2D eigenvalue weighted by Crippen LogP contribution is 2.38. The molecule has 2 aliphatic heterocycles. The van der Waals surface area contributed by atoms with Gasteiger partial charge in [0.05, 0.1) is 10.6 Å². The second-order valence-corrected chi connectivity index (χ2v) is 9.64. The summed E-state index contributed by atoms with van der Waals surface area (Å²) < 4.78 is 13.4. The summed E-state index contributed by atoms with van der Waals surface area (Å²) in [6.45, 7) is 4.97. The number of para-hydroxylation sites is 1. The number of aromatic nitrogens is 2. The Balaban J connectivity index is 1.58. The summed E-state index contributed by atoms with van der Waals surface area (Å²) in [6, 6.07) is 15.6. The molecule has 2 aromatic carbocycles. The van der Waals surface area contributed by atoms with Gasteiger partial charge in [-0.15, -0.1) is 0 Å². The number of fused-ring (bicyclic) bond motifs is 1. The Kier molecular flexibility index (Phi) is 5.48. The van der Waals surface area contributed by atoms with Gasteiger partial charge >= 0.3 is 0 Å². The summed E-state index contributed by atoms with van der Waals surface area (Å²) in [5, 5.41) is 4.84. The van der Waals surface area contributed by atoms with E-state index in [4.69, 9.17) is 26.8 Å². The third-order valence-electron chi connectivity index (χ3n) is 5.12. The van der Waals surface area contributed by atoms with Crippen LogP contribution in [-0.2, 0) is 4.79 Å². The first-order chi connectivity index (χ1) is 15.5. The maximum absolute atomic E-state index is 13.0. The van der Waals surface area contributed by atoms with E-state index in [1.807, 2.05) is 65.5 Å². The fraction of sp³-hybridized carbons (Fsp3) is 0.208. The van der Waals surface area contributed by atoms with Gasteiger partial charge in [-0.1, -0.05) is 56.0 Å². The number of hydrogen-bond donors (Lipinski definition) is 0. The van der Waals surface area contributed by atoms with E-state index >= 15 is 0 Å². The molecule has 0 N–H and O–H groups in total. The summed E-state index contributed by atoms with van der Waals surface area (Å²) in [5.74, 6) is 1.68. The molecule has 3 heterocycles. The van der Waals surface area contributed by atoms with Crippen molar-refractivity contribution in [1.29, 1.82) is 0 Å². The molecule has 6 nitrogen and oxygen atoms in total. The number of nitrogens with zero attached hydrogens (tertiary/aromatic N) is 3. The normalized spacial score (nSPS) is 16.6. The molecule has 162 valence electrons. The lowest BCUT2D eigenvalue weighted by molar-refractivity contribution is -0.122. The number of thiocarbonyl (C=S) groups is 1. The van der Waals surface area contributed by atoms with Crippen LogP contribution in [0.5, 0.6) is 11.5 Å². The molecule has 32 heavy (non-hydrogen) atoms. The Labute approximate surface area is 195 Å². The van der Waals surface area contributed by atoms with Crippen molar-refractivity contribution >= 4 is 40.3 Å². The largest absolute Gasteiger partial charge is 0.454 e. The number of carbonyl (C=O) groups excluding carboxylic acids is 1. The standard InChI is InChI=1S/C24H21N3O3S2/c1-15(2)12-26-23(28)21(32-24(26)31)11-17-13-27(18-6-4-3-5-7-18)25-22(17)16-8-9-19-20(10-16)30-14-29-19/h3-11,13,15H,12,14H2,1-2H3/b21-11-. The Morgan fingerprint density at radius 2 is 1.94 bits per heavy atom. The van der Waals surface area contributed by atoms with Gasteiger partial charge in [-0.3, -0.25) is 9.69 Å². The molecule has 0 atom stereocenters. The van der Waals surface area contributed by atoms with Gasteiger partial charge in [0.1, 0.15) is 10.0 Å². The van der Waals surface area contributed by atoms with E-state index in [2.05, 4.69) is 13.8 Å². The molecule has 0 bridgehead atoms. The fourth-order valence-corrected chi connectivity index (χ4v) is 4.90. The lowest BCUT2D eigenvalue weighted by Crippen LogP contribution is -2.31. The molecule has 0 spiro atoms. The number of carbonyl (C=O) groups is 1. The van der Waals surface area contributed by atoms with E-state index in [1.54, 1.807) is 4.90 Å². The molecule has 1 saturated heterocycles. The molecule has 3 aromatic rings. The number of benzene rings is 2. The molecule has 0 aliphatic carbocycles. The highest BCUT2D eigenvalue weighted by molar-refractivity contribution is 8.26. The third kappa shape index (κ3) is 3.91. The average molecular weight is 464 g/mol. The van der Waals surface area contributed by atoms with Crippen LogP contribution in [0.1, 0.15) is 19.4 Å². The summed E-state index contributed by atoms with van der Waals surface area (Å²) in [7, 11) is 0. The van der Waals surface area contributed by atoms with E-state index in [1.165, 1.54) is 11.8 Å². The molecule has 0 unspecified atom stereocenters. The number of amides is 1. The SMILES string of the molecule is CC(C)CN1C(=O)/C(=C/c2cn(-c3ccccc3)nc2-c2ccc3c(c2)OCO3)SC1=S. The average Bonchev–Trinajstić information content (AvgIpc) is 3.48. The van der Waals surface area contributed by atoms with E-state index < -0.39 is 0 Å². The van der Waals surface area contributed by atoms with Crippen molar-refractivity contribution in [2.75, 3.05) is 13.3 Å². The van der Waals surface area contributed by atoms with Crippen molar-refractivity contribution in [3.8, 4) is 28.4 Å². The molecule has 2 aliphatic rings. The third-order valence-corrected chi connectivity index (χ3v) is 6.49. The molecule has 0 radical (unpaired) electrons. The van der Waals surface area contributed by atoms with E-state index in [0.29, 0.717) is 33.2 Å². The predicted octanol–water partition coefficient (Wildman–Crippen LogP) is 5.13. The fourth-order valence-electron chi connectivity index (χ4n) is 3.64. The molecule has 1 aromatic heterocycles. The monoisotopic (exact) mass is 463 g/mol. The van der Waals surface area contributed by atoms with Gasteiger partial charge in [-0.05, 0) is 42.3 Å². The quantitative estimate of drug-likeness (QED) is 0.386. The van der Waals surface area contributed by atoms with Gasteiger partial charge in [0, 0.05) is 23.9 Å².